The Hall–Kier alpha value is -2.28. The molecule has 110 valence electrons. The normalized spacial score (nSPS) is 11.2. The van der Waals surface area contributed by atoms with Crippen molar-refractivity contribution in [3.05, 3.63) is 52.8 Å². The van der Waals surface area contributed by atoms with E-state index >= 15 is 0 Å². The maximum atomic E-state index is 12.7. The number of nitrogens with one attached hydrogen (secondary N) is 1. The monoisotopic (exact) mass is 315 g/mol. The molecule has 2 rings (SSSR count). The fourth-order valence-corrected chi connectivity index (χ4v) is 1.70. The summed E-state index contributed by atoms with van der Waals surface area (Å²) >= 11 is 5.63. The minimum absolute atomic E-state index is 0.0294. The molecule has 0 saturated heterocycles. The first-order valence-electron chi connectivity index (χ1n) is 5.67. The van der Waals surface area contributed by atoms with Gasteiger partial charge in [0.15, 0.2) is 0 Å². The van der Waals surface area contributed by atoms with Crippen LogP contribution < -0.4 is 11.1 Å². The van der Waals surface area contributed by atoms with Crippen molar-refractivity contribution in [1.29, 1.82) is 0 Å². The molecule has 2 aromatic rings. The lowest BCUT2D eigenvalue weighted by Gasteiger charge is -2.12. The molecular weight excluding hydrogens is 307 g/mol. The number of nitrogens with zero attached hydrogens (tertiary/aromatic N) is 1. The minimum Gasteiger partial charge on any atom is -0.398 e. The molecule has 0 radical (unpaired) electrons. The number of anilines is 2. The third-order valence-electron chi connectivity index (χ3n) is 2.58. The van der Waals surface area contributed by atoms with Crippen molar-refractivity contribution in [2.45, 2.75) is 6.18 Å². The van der Waals surface area contributed by atoms with Gasteiger partial charge in [0.05, 0.1) is 10.6 Å². The van der Waals surface area contributed by atoms with E-state index in [0.717, 1.165) is 12.1 Å². The van der Waals surface area contributed by atoms with Gasteiger partial charge in [-0.25, -0.2) is 4.98 Å². The molecule has 1 aromatic heterocycles. The molecule has 1 heterocycles. The lowest BCUT2D eigenvalue weighted by Crippen LogP contribution is -2.15. The van der Waals surface area contributed by atoms with Crippen LogP contribution in [0.5, 0.6) is 0 Å². The largest absolute Gasteiger partial charge is 0.418 e. The Balaban J connectivity index is 2.24. The fraction of sp³-hybridized carbons (Fsp3) is 0.0769. The van der Waals surface area contributed by atoms with E-state index in [1.807, 2.05) is 0 Å². The Morgan fingerprint density at radius 1 is 1.24 bits per heavy atom. The molecule has 1 amide bonds. The van der Waals surface area contributed by atoms with Crippen LogP contribution in [0.4, 0.5) is 24.5 Å². The molecule has 0 fully saturated rings. The van der Waals surface area contributed by atoms with Gasteiger partial charge in [-0.3, -0.25) is 4.79 Å². The van der Waals surface area contributed by atoms with Crippen molar-refractivity contribution >= 4 is 28.9 Å². The summed E-state index contributed by atoms with van der Waals surface area (Å²) in [6.07, 6.45) is -3.33. The summed E-state index contributed by atoms with van der Waals surface area (Å²) in [7, 11) is 0. The number of amides is 1. The van der Waals surface area contributed by atoms with Crippen molar-refractivity contribution < 1.29 is 18.0 Å². The lowest BCUT2D eigenvalue weighted by molar-refractivity contribution is -0.136. The number of hydrogen-bond acceptors (Lipinski definition) is 3. The first-order valence-corrected chi connectivity index (χ1v) is 6.05. The molecule has 0 bridgehead atoms. The highest BCUT2D eigenvalue weighted by Gasteiger charge is 2.33. The fourth-order valence-electron chi connectivity index (χ4n) is 1.58. The number of nitrogens with two attached hydrogens (primary N) is 1. The molecular formula is C13H9ClF3N3O. The Kier molecular flexibility index (Phi) is 4.04. The summed E-state index contributed by atoms with van der Waals surface area (Å²) in [6.45, 7) is 0. The third kappa shape index (κ3) is 3.63. The highest BCUT2D eigenvalue weighted by Crippen LogP contribution is 2.35. The number of aromatic nitrogens is 1. The number of benzene rings is 1. The zero-order chi connectivity index (χ0) is 15.6. The molecule has 8 heteroatoms. The number of nitrogen functional groups attached to an aromatic ring is 1. The second kappa shape index (κ2) is 5.61. The van der Waals surface area contributed by atoms with Gasteiger partial charge in [0.2, 0.25) is 0 Å². The van der Waals surface area contributed by atoms with Gasteiger partial charge in [-0.1, -0.05) is 11.6 Å². The van der Waals surface area contributed by atoms with E-state index in [0.29, 0.717) is 5.02 Å². The second-order valence-electron chi connectivity index (χ2n) is 4.12. The zero-order valence-electron chi connectivity index (χ0n) is 10.4. The van der Waals surface area contributed by atoms with E-state index in [-0.39, 0.29) is 11.4 Å². The van der Waals surface area contributed by atoms with E-state index in [4.69, 9.17) is 17.3 Å². The van der Waals surface area contributed by atoms with Gasteiger partial charge in [0, 0.05) is 17.6 Å². The molecule has 0 aliphatic heterocycles. The van der Waals surface area contributed by atoms with Crippen molar-refractivity contribution in [3.63, 3.8) is 0 Å². The van der Waals surface area contributed by atoms with Crippen LogP contribution in [-0.2, 0) is 6.18 Å². The van der Waals surface area contributed by atoms with Crippen LogP contribution in [0, 0.1) is 0 Å². The molecule has 0 aliphatic rings. The van der Waals surface area contributed by atoms with Crippen LogP contribution in [-0.4, -0.2) is 10.9 Å². The van der Waals surface area contributed by atoms with Gasteiger partial charge in [-0.05, 0) is 30.3 Å². The smallest absolute Gasteiger partial charge is 0.398 e. The third-order valence-corrected chi connectivity index (χ3v) is 2.80. The molecule has 0 atom stereocenters. The Bertz CT molecular complexity index is 671. The van der Waals surface area contributed by atoms with E-state index in [1.165, 1.54) is 24.4 Å². The summed E-state index contributed by atoms with van der Waals surface area (Å²) in [5.74, 6) is -0.649. The maximum absolute atomic E-state index is 12.7. The van der Waals surface area contributed by atoms with Crippen LogP contribution in [0.1, 0.15) is 16.1 Å². The number of rotatable bonds is 2. The van der Waals surface area contributed by atoms with Crippen LogP contribution in [0.3, 0.4) is 0 Å². The number of alkyl halides is 3. The predicted molar refractivity (Wildman–Crippen MR) is 73.1 cm³/mol. The van der Waals surface area contributed by atoms with Crippen LogP contribution in [0.15, 0.2) is 36.5 Å². The van der Waals surface area contributed by atoms with Crippen molar-refractivity contribution in [3.8, 4) is 0 Å². The average Bonchev–Trinajstić information content (AvgIpc) is 2.40. The zero-order valence-corrected chi connectivity index (χ0v) is 11.2. The molecule has 0 unspecified atom stereocenters. The Morgan fingerprint density at radius 2 is 1.95 bits per heavy atom. The highest BCUT2D eigenvalue weighted by molar-refractivity contribution is 6.30. The molecule has 3 N–H and O–H groups in total. The van der Waals surface area contributed by atoms with Crippen LogP contribution >= 0.6 is 11.6 Å². The first kappa shape index (κ1) is 15.1. The van der Waals surface area contributed by atoms with E-state index < -0.39 is 23.3 Å². The summed E-state index contributed by atoms with van der Waals surface area (Å²) in [5, 5.41) is 2.66. The minimum atomic E-state index is -4.59. The van der Waals surface area contributed by atoms with Crippen molar-refractivity contribution in [2.24, 2.45) is 0 Å². The van der Waals surface area contributed by atoms with Gasteiger partial charge < -0.3 is 11.1 Å². The number of carbonyl (C=O) groups excluding carboxylic acids is 1. The molecule has 0 spiro atoms. The van der Waals surface area contributed by atoms with Crippen LogP contribution in [0.25, 0.3) is 0 Å². The van der Waals surface area contributed by atoms with Gasteiger partial charge >= 0.3 is 6.18 Å². The van der Waals surface area contributed by atoms with Gasteiger partial charge in [0.25, 0.3) is 5.91 Å². The standard InChI is InChI=1S/C13H9ClF3N3O/c14-7-1-4-11(19-6-7)12(21)20-8-2-3-10(18)9(5-8)13(15,16)17/h1-6H,18H2,(H,20,21). The first-order chi connectivity index (χ1) is 9.77. The quantitative estimate of drug-likeness (QED) is 0.832. The van der Waals surface area contributed by atoms with Gasteiger partial charge in [0.1, 0.15) is 5.69 Å². The van der Waals surface area contributed by atoms with Crippen molar-refractivity contribution in [1.82, 2.24) is 4.98 Å². The van der Waals surface area contributed by atoms with E-state index in [9.17, 15) is 18.0 Å². The highest BCUT2D eigenvalue weighted by atomic mass is 35.5. The van der Waals surface area contributed by atoms with Gasteiger partial charge in [-0.15, -0.1) is 0 Å². The summed E-state index contributed by atoms with van der Waals surface area (Å²) in [4.78, 5) is 15.6. The summed E-state index contributed by atoms with van der Waals surface area (Å²) in [5.41, 5.74) is 3.86. The number of pyridine rings is 1. The topological polar surface area (TPSA) is 68.0 Å². The SMILES string of the molecule is Nc1ccc(NC(=O)c2ccc(Cl)cn2)cc1C(F)(F)F. The summed E-state index contributed by atoms with van der Waals surface area (Å²) < 4.78 is 38.1. The lowest BCUT2D eigenvalue weighted by atomic mass is 10.1. The molecule has 0 aliphatic carbocycles. The number of hydrogen-bond donors (Lipinski definition) is 2. The van der Waals surface area contributed by atoms with E-state index in [1.54, 1.807) is 0 Å². The molecule has 4 nitrogen and oxygen atoms in total. The Morgan fingerprint density at radius 3 is 2.52 bits per heavy atom. The maximum Gasteiger partial charge on any atom is 0.418 e. The Labute approximate surface area is 122 Å². The van der Waals surface area contributed by atoms with Crippen LogP contribution in [0.2, 0.25) is 5.02 Å². The average molecular weight is 316 g/mol. The second-order valence-corrected chi connectivity index (χ2v) is 4.55. The molecule has 21 heavy (non-hydrogen) atoms. The van der Waals surface area contributed by atoms with Crippen molar-refractivity contribution in [2.75, 3.05) is 11.1 Å². The summed E-state index contributed by atoms with van der Waals surface area (Å²) in [6, 6.07) is 5.93. The number of halogens is 4. The van der Waals surface area contributed by atoms with E-state index in [2.05, 4.69) is 10.3 Å². The molecule has 0 saturated carbocycles. The number of carbonyl (C=O) groups is 1. The predicted octanol–water partition coefficient (Wildman–Crippen LogP) is 3.59. The molecule has 1 aromatic carbocycles. The van der Waals surface area contributed by atoms with Gasteiger partial charge in [-0.2, -0.15) is 13.2 Å².